The fraction of sp³-hybridized carbons (Fsp3) is 0.391. The van der Waals surface area contributed by atoms with E-state index >= 15 is 0 Å². The zero-order valence-electron chi connectivity index (χ0n) is 15.8. The van der Waals surface area contributed by atoms with Crippen molar-refractivity contribution in [1.29, 1.82) is 0 Å². The molecule has 0 bridgehead atoms. The van der Waals surface area contributed by atoms with Crippen molar-refractivity contribution in [3.63, 3.8) is 0 Å². The molecule has 2 aliphatic rings. The molecule has 1 aliphatic carbocycles. The molecule has 0 unspecified atom stereocenters. The van der Waals surface area contributed by atoms with Crippen molar-refractivity contribution in [3.8, 4) is 0 Å². The minimum atomic E-state index is -1.25. The standard InChI is InChI=1S/C23H25NO4/c25-20-15-24(21(26)19-12-17-8-4-5-9-18(17)13-19)11-10-23(20,22(27)28)14-16-6-2-1-3-7-16/h1-9,19-20,25H,10-15H2,(H,27,28)/t20-,23-/m1/s1. The van der Waals surface area contributed by atoms with E-state index in [-0.39, 0.29) is 31.2 Å². The number of aliphatic carboxylic acids is 1. The van der Waals surface area contributed by atoms with Gasteiger partial charge in [-0.05, 0) is 42.4 Å². The number of carboxylic acids is 1. The van der Waals surface area contributed by atoms with Gasteiger partial charge in [-0.25, -0.2) is 0 Å². The lowest BCUT2D eigenvalue weighted by Crippen LogP contribution is -2.57. The molecule has 1 amide bonds. The van der Waals surface area contributed by atoms with Crippen molar-refractivity contribution >= 4 is 11.9 Å². The van der Waals surface area contributed by atoms with Crippen molar-refractivity contribution in [2.45, 2.75) is 31.8 Å². The SMILES string of the molecule is O=C(C1Cc2ccccc2C1)N1CC[C@](Cc2ccccc2)(C(=O)O)[C@H](O)C1. The number of rotatable bonds is 4. The van der Waals surface area contributed by atoms with Gasteiger partial charge < -0.3 is 15.1 Å². The average molecular weight is 379 g/mol. The van der Waals surface area contributed by atoms with Gasteiger partial charge in [0.25, 0.3) is 0 Å². The summed E-state index contributed by atoms with van der Waals surface area (Å²) in [6, 6.07) is 17.5. The summed E-state index contributed by atoms with van der Waals surface area (Å²) in [5, 5.41) is 20.7. The van der Waals surface area contributed by atoms with Gasteiger partial charge in [-0.3, -0.25) is 9.59 Å². The number of likely N-dealkylation sites (tertiary alicyclic amines) is 1. The summed E-state index contributed by atoms with van der Waals surface area (Å²) in [4.78, 5) is 26.8. The van der Waals surface area contributed by atoms with Crippen molar-refractivity contribution < 1.29 is 19.8 Å². The lowest BCUT2D eigenvalue weighted by atomic mass is 9.71. The Morgan fingerprint density at radius 2 is 1.61 bits per heavy atom. The number of aliphatic hydroxyl groups excluding tert-OH is 1. The first-order valence-electron chi connectivity index (χ1n) is 9.80. The largest absolute Gasteiger partial charge is 0.481 e. The van der Waals surface area contributed by atoms with E-state index in [1.165, 1.54) is 11.1 Å². The first kappa shape index (κ1) is 18.7. The maximum absolute atomic E-state index is 13.0. The minimum Gasteiger partial charge on any atom is -0.481 e. The fourth-order valence-electron chi connectivity index (χ4n) is 4.66. The number of carbonyl (C=O) groups excluding carboxylic acids is 1. The highest BCUT2D eigenvalue weighted by molar-refractivity contribution is 5.82. The Morgan fingerprint density at radius 1 is 1.00 bits per heavy atom. The van der Waals surface area contributed by atoms with Gasteiger partial charge >= 0.3 is 5.97 Å². The summed E-state index contributed by atoms with van der Waals surface area (Å²) < 4.78 is 0. The van der Waals surface area contributed by atoms with Crippen LogP contribution in [-0.2, 0) is 28.9 Å². The molecule has 1 saturated heterocycles. The molecule has 1 fully saturated rings. The fourth-order valence-corrected chi connectivity index (χ4v) is 4.66. The summed E-state index contributed by atoms with van der Waals surface area (Å²) in [6.07, 6.45) is 0.864. The van der Waals surface area contributed by atoms with Gasteiger partial charge in [0.15, 0.2) is 0 Å². The minimum absolute atomic E-state index is 0.0222. The summed E-state index contributed by atoms with van der Waals surface area (Å²) >= 11 is 0. The van der Waals surface area contributed by atoms with E-state index in [4.69, 9.17) is 0 Å². The molecule has 2 aromatic rings. The molecule has 2 atom stereocenters. The number of benzene rings is 2. The molecule has 5 nitrogen and oxygen atoms in total. The molecule has 28 heavy (non-hydrogen) atoms. The van der Waals surface area contributed by atoms with Crippen LogP contribution in [0.15, 0.2) is 54.6 Å². The van der Waals surface area contributed by atoms with Crippen LogP contribution in [0.25, 0.3) is 0 Å². The topological polar surface area (TPSA) is 77.8 Å². The van der Waals surface area contributed by atoms with Crippen LogP contribution in [0, 0.1) is 11.3 Å². The number of β-amino-alcohol motifs (C(OH)–C–C–N with tert-alkyl or cyclic N) is 1. The van der Waals surface area contributed by atoms with Crippen LogP contribution in [-0.4, -0.2) is 46.2 Å². The van der Waals surface area contributed by atoms with Crippen molar-refractivity contribution in [3.05, 3.63) is 71.3 Å². The summed E-state index contributed by atoms with van der Waals surface area (Å²) in [5.41, 5.74) is 2.05. The zero-order chi connectivity index (χ0) is 19.7. The lowest BCUT2D eigenvalue weighted by molar-refractivity contribution is -0.166. The van der Waals surface area contributed by atoms with Gasteiger partial charge in [-0.1, -0.05) is 54.6 Å². The normalized spacial score (nSPS) is 24.8. The maximum Gasteiger partial charge on any atom is 0.312 e. The molecule has 0 radical (unpaired) electrons. The molecule has 1 heterocycles. The number of carbonyl (C=O) groups is 2. The molecule has 2 N–H and O–H groups in total. The highest BCUT2D eigenvalue weighted by atomic mass is 16.4. The molecular formula is C23H25NO4. The Morgan fingerprint density at radius 3 is 2.18 bits per heavy atom. The smallest absolute Gasteiger partial charge is 0.312 e. The second-order valence-electron chi connectivity index (χ2n) is 8.05. The number of aliphatic hydroxyl groups is 1. The third-order valence-corrected chi connectivity index (χ3v) is 6.36. The van der Waals surface area contributed by atoms with Crippen LogP contribution in [0.5, 0.6) is 0 Å². The van der Waals surface area contributed by atoms with Crippen LogP contribution in [0.3, 0.4) is 0 Å². The van der Waals surface area contributed by atoms with Gasteiger partial charge in [0.05, 0.1) is 6.10 Å². The highest BCUT2D eigenvalue weighted by Crippen LogP contribution is 2.37. The van der Waals surface area contributed by atoms with E-state index in [1.807, 2.05) is 42.5 Å². The maximum atomic E-state index is 13.0. The predicted octanol–water partition coefficient (Wildman–Crippen LogP) is 2.31. The van der Waals surface area contributed by atoms with Crippen LogP contribution >= 0.6 is 0 Å². The number of hydrogen-bond acceptors (Lipinski definition) is 3. The second-order valence-corrected chi connectivity index (χ2v) is 8.05. The summed E-state index contributed by atoms with van der Waals surface area (Å²) in [6.45, 7) is 0.437. The molecule has 2 aromatic carbocycles. The number of piperidine rings is 1. The summed E-state index contributed by atoms with van der Waals surface area (Å²) in [5.74, 6) is -1.09. The van der Waals surface area contributed by atoms with Crippen molar-refractivity contribution in [1.82, 2.24) is 4.90 Å². The molecule has 5 heteroatoms. The van der Waals surface area contributed by atoms with Gasteiger partial charge in [0.1, 0.15) is 5.41 Å². The first-order valence-corrected chi connectivity index (χ1v) is 9.80. The molecule has 0 spiro atoms. The van der Waals surface area contributed by atoms with E-state index in [0.717, 1.165) is 18.4 Å². The van der Waals surface area contributed by atoms with Crippen molar-refractivity contribution in [2.24, 2.45) is 11.3 Å². The average Bonchev–Trinajstić information content (AvgIpc) is 3.14. The monoisotopic (exact) mass is 379 g/mol. The van der Waals surface area contributed by atoms with E-state index in [2.05, 4.69) is 12.1 Å². The van der Waals surface area contributed by atoms with Gasteiger partial charge in [-0.15, -0.1) is 0 Å². The Hall–Kier alpha value is -2.66. The van der Waals surface area contributed by atoms with Gasteiger partial charge in [0, 0.05) is 19.0 Å². The van der Waals surface area contributed by atoms with Crippen LogP contribution in [0.1, 0.15) is 23.1 Å². The van der Waals surface area contributed by atoms with Gasteiger partial charge in [0.2, 0.25) is 5.91 Å². The molecule has 0 saturated carbocycles. The Kier molecular flexibility index (Phi) is 4.94. The number of nitrogens with zero attached hydrogens (tertiary/aromatic N) is 1. The van der Waals surface area contributed by atoms with Crippen LogP contribution < -0.4 is 0 Å². The second kappa shape index (κ2) is 7.40. The molecular weight excluding hydrogens is 354 g/mol. The third-order valence-electron chi connectivity index (χ3n) is 6.36. The van der Waals surface area contributed by atoms with E-state index in [0.29, 0.717) is 6.54 Å². The highest BCUT2D eigenvalue weighted by Gasteiger charge is 2.50. The summed E-state index contributed by atoms with van der Waals surface area (Å²) in [7, 11) is 0. The number of fused-ring (bicyclic) bond motifs is 1. The lowest BCUT2D eigenvalue weighted by Gasteiger charge is -2.43. The number of hydrogen-bond donors (Lipinski definition) is 2. The third kappa shape index (κ3) is 3.31. The number of amides is 1. The quantitative estimate of drug-likeness (QED) is 0.855. The zero-order valence-corrected chi connectivity index (χ0v) is 15.8. The Balaban J connectivity index is 1.47. The van der Waals surface area contributed by atoms with Gasteiger partial charge in [-0.2, -0.15) is 0 Å². The number of carboxylic acid groups (broad SMARTS) is 1. The molecule has 1 aliphatic heterocycles. The van der Waals surface area contributed by atoms with E-state index in [9.17, 15) is 19.8 Å². The Bertz CT molecular complexity index is 856. The molecule has 0 aromatic heterocycles. The van der Waals surface area contributed by atoms with E-state index < -0.39 is 17.5 Å². The first-order chi connectivity index (χ1) is 13.5. The molecule has 146 valence electrons. The van der Waals surface area contributed by atoms with Crippen LogP contribution in [0.2, 0.25) is 0 Å². The van der Waals surface area contributed by atoms with Crippen LogP contribution in [0.4, 0.5) is 0 Å². The molecule has 4 rings (SSSR count). The van der Waals surface area contributed by atoms with Crippen molar-refractivity contribution in [2.75, 3.05) is 13.1 Å². The Labute approximate surface area is 164 Å². The predicted molar refractivity (Wildman–Crippen MR) is 105 cm³/mol. The van der Waals surface area contributed by atoms with E-state index in [1.54, 1.807) is 4.90 Å².